The van der Waals surface area contributed by atoms with Crippen molar-refractivity contribution in [3.8, 4) is 5.69 Å². The highest BCUT2D eigenvalue weighted by atomic mass is 35.5. The highest BCUT2D eigenvalue weighted by Gasteiger charge is 2.23. The van der Waals surface area contributed by atoms with Crippen LogP contribution in [0, 0.1) is 17.6 Å². The van der Waals surface area contributed by atoms with E-state index in [2.05, 4.69) is 11.9 Å². The first-order valence-electron chi connectivity index (χ1n) is 8.02. The molecule has 2 aromatic heterocycles. The van der Waals surface area contributed by atoms with Gasteiger partial charge in [-0.25, -0.2) is 0 Å². The zero-order valence-electron chi connectivity index (χ0n) is 13.5. The van der Waals surface area contributed by atoms with Gasteiger partial charge in [0.05, 0.1) is 11.1 Å². The summed E-state index contributed by atoms with van der Waals surface area (Å²) in [4.78, 5) is 18.7. The van der Waals surface area contributed by atoms with Crippen LogP contribution >= 0.6 is 35.2 Å². The molecule has 0 aliphatic heterocycles. The van der Waals surface area contributed by atoms with Crippen molar-refractivity contribution in [2.24, 2.45) is 5.92 Å². The van der Waals surface area contributed by atoms with Gasteiger partial charge in [-0.15, -0.1) is 11.3 Å². The minimum Gasteiger partial charge on any atom is -0.323 e. The van der Waals surface area contributed by atoms with Crippen molar-refractivity contribution in [3.63, 3.8) is 0 Å². The van der Waals surface area contributed by atoms with Crippen LogP contribution in [-0.4, -0.2) is 9.55 Å². The zero-order valence-corrected chi connectivity index (χ0v) is 15.9. The highest BCUT2D eigenvalue weighted by molar-refractivity contribution is 7.71. The van der Waals surface area contributed by atoms with Crippen molar-refractivity contribution in [2.45, 2.75) is 33.1 Å². The first-order valence-corrected chi connectivity index (χ1v) is 9.62. The summed E-state index contributed by atoms with van der Waals surface area (Å²) >= 11 is 13.4. The Morgan fingerprint density at radius 3 is 2.96 bits per heavy atom. The number of hydrogen-bond acceptors (Lipinski definition) is 3. The van der Waals surface area contributed by atoms with Crippen molar-refractivity contribution in [2.75, 3.05) is 0 Å². The van der Waals surface area contributed by atoms with E-state index in [-0.39, 0.29) is 5.56 Å². The number of halogens is 1. The Balaban J connectivity index is 2.02. The molecule has 0 spiro atoms. The van der Waals surface area contributed by atoms with Crippen LogP contribution < -0.4 is 5.56 Å². The average molecular weight is 377 g/mol. The topological polar surface area (TPSA) is 37.8 Å². The summed E-state index contributed by atoms with van der Waals surface area (Å²) < 4.78 is 1.98. The third-order valence-electron chi connectivity index (χ3n) is 4.77. The molecule has 0 fully saturated rings. The first-order chi connectivity index (χ1) is 11.5. The van der Waals surface area contributed by atoms with E-state index in [1.54, 1.807) is 22.0 Å². The second kappa shape index (κ2) is 5.83. The summed E-state index contributed by atoms with van der Waals surface area (Å²) in [6, 6.07) is 5.60. The molecule has 1 N–H and O–H groups in total. The molecule has 6 heteroatoms. The van der Waals surface area contributed by atoms with Gasteiger partial charge in [-0.1, -0.05) is 24.6 Å². The third-order valence-corrected chi connectivity index (χ3v) is 6.63. The molecule has 0 radical (unpaired) electrons. The Bertz CT molecular complexity index is 1080. The van der Waals surface area contributed by atoms with E-state index in [4.69, 9.17) is 23.8 Å². The molecule has 0 amide bonds. The van der Waals surface area contributed by atoms with Crippen LogP contribution in [0.25, 0.3) is 15.9 Å². The predicted octanol–water partition coefficient (Wildman–Crippen LogP) is 5.20. The number of aryl methyl sites for hydroxylation is 2. The van der Waals surface area contributed by atoms with Crippen LogP contribution in [-0.2, 0) is 12.8 Å². The Kier molecular flexibility index (Phi) is 3.90. The average Bonchev–Trinajstić information content (AvgIpc) is 2.87. The second-order valence-electron chi connectivity index (χ2n) is 6.56. The number of hydrogen-bond donors (Lipinski definition) is 1. The first kappa shape index (κ1) is 16.1. The largest absolute Gasteiger partial charge is 0.323 e. The van der Waals surface area contributed by atoms with E-state index in [1.165, 1.54) is 10.4 Å². The van der Waals surface area contributed by atoms with Gasteiger partial charge >= 0.3 is 0 Å². The number of H-pyrrole nitrogens is 1. The van der Waals surface area contributed by atoms with E-state index in [0.29, 0.717) is 21.4 Å². The van der Waals surface area contributed by atoms with E-state index in [9.17, 15) is 4.79 Å². The van der Waals surface area contributed by atoms with E-state index in [0.717, 1.165) is 35.0 Å². The third kappa shape index (κ3) is 2.46. The predicted molar refractivity (Wildman–Crippen MR) is 104 cm³/mol. The zero-order chi connectivity index (χ0) is 17.0. The lowest BCUT2D eigenvalue weighted by molar-refractivity contribution is 0.509. The number of benzene rings is 1. The van der Waals surface area contributed by atoms with Crippen LogP contribution in [0.4, 0.5) is 0 Å². The molecule has 124 valence electrons. The van der Waals surface area contributed by atoms with E-state index < -0.39 is 0 Å². The molecule has 1 aliphatic rings. The lowest BCUT2D eigenvalue weighted by atomic mass is 9.89. The molecule has 1 atom stereocenters. The quantitative estimate of drug-likeness (QED) is 0.593. The van der Waals surface area contributed by atoms with Gasteiger partial charge in [0.1, 0.15) is 4.83 Å². The Morgan fingerprint density at radius 1 is 1.42 bits per heavy atom. The number of aromatic amines is 1. The van der Waals surface area contributed by atoms with Gasteiger partial charge in [0.15, 0.2) is 4.77 Å². The second-order valence-corrected chi connectivity index (χ2v) is 8.46. The monoisotopic (exact) mass is 376 g/mol. The molecule has 0 saturated carbocycles. The maximum Gasteiger partial charge on any atom is 0.267 e. The maximum atomic E-state index is 13.2. The summed E-state index contributed by atoms with van der Waals surface area (Å²) in [7, 11) is 0. The molecule has 1 aliphatic carbocycles. The Labute approximate surface area is 153 Å². The van der Waals surface area contributed by atoms with Gasteiger partial charge < -0.3 is 4.98 Å². The van der Waals surface area contributed by atoms with Crippen molar-refractivity contribution >= 4 is 45.4 Å². The minimum atomic E-state index is -0.0410. The molecular weight excluding hydrogens is 360 g/mol. The van der Waals surface area contributed by atoms with Crippen LogP contribution in [0.3, 0.4) is 0 Å². The molecular formula is C18H17ClN2OS2. The summed E-state index contributed by atoms with van der Waals surface area (Å²) in [5.74, 6) is 0.673. The SMILES string of the molecule is Cc1ccc(-n2c(=S)[nH]c3sc4c(c3c2=O)CC[C@H](C)C4)cc1Cl. The Morgan fingerprint density at radius 2 is 2.21 bits per heavy atom. The van der Waals surface area contributed by atoms with Crippen molar-refractivity contribution < 1.29 is 0 Å². The van der Waals surface area contributed by atoms with Gasteiger partial charge in [-0.05, 0) is 67.6 Å². The molecule has 0 saturated heterocycles. The molecule has 4 rings (SSSR count). The number of nitrogens with zero attached hydrogens (tertiary/aromatic N) is 1. The smallest absolute Gasteiger partial charge is 0.267 e. The highest BCUT2D eigenvalue weighted by Crippen LogP contribution is 2.35. The molecule has 1 aromatic carbocycles. The van der Waals surface area contributed by atoms with Gasteiger partial charge in [-0.2, -0.15) is 0 Å². The standard InChI is InChI=1S/C18H17ClN2OS2/c1-9-3-6-12-14(7-9)24-16-15(12)17(22)21(18(23)20-16)11-5-4-10(2)13(19)8-11/h4-5,8-9H,3,6-7H2,1-2H3,(H,20,23)/t9-/m0/s1. The fraction of sp³-hybridized carbons (Fsp3) is 0.333. The maximum absolute atomic E-state index is 13.2. The fourth-order valence-electron chi connectivity index (χ4n) is 3.38. The van der Waals surface area contributed by atoms with Crippen molar-refractivity contribution in [3.05, 3.63) is 54.4 Å². The van der Waals surface area contributed by atoms with E-state index >= 15 is 0 Å². The lowest BCUT2D eigenvalue weighted by Crippen LogP contribution is -2.21. The molecule has 24 heavy (non-hydrogen) atoms. The summed E-state index contributed by atoms with van der Waals surface area (Å²) in [6.45, 7) is 4.21. The van der Waals surface area contributed by atoms with Gasteiger partial charge in [0, 0.05) is 9.90 Å². The number of nitrogens with one attached hydrogen (secondary N) is 1. The minimum absolute atomic E-state index is 0.0410. The molecule has 3 nitrogen and oxygen atoms in total. The number of thiophene rings is 1. The van der Waals surface area contributed by atoms with Crippen LogP contribution in [0.15, 0.2) is 23.0 Å². The Hall–Kier alpha value is -1.43. The summed E-state index contributed by atoms with van der Waals surface area (Å²) in [5, 5.41) is 1.43. The van der Waals surface area contributed by atoms with Crippen LogP contribution in [0.2, 0.25) is 5.02 Å². The number of aromatic nitrogens is 2. The number of fused-ring (bicyclic) bond motifs is 3. The van der Waals surface area contributed by atoms with Gasteiger partial charge in [-0.3, -0.25) is 9.36 Å². The number of rotatable bonds is 1. The van der Waals surface area contributed by atoms with Crippen LogP contribution in [0.1, 0.15) is 29.3 Å². The molecule has 2 heterocycles. The molecule has 0 unspecified atom stereocenters. The normalized spacial score (nSPS) is 17.2. The molecule has 0 bridgehead atoms. The van der Waals surface area contributed by atoms with Gasteiger partial charge in [0.25, 0.3) is 5.56 Å². The van der Waals surface area contributed by atoms with E-state index in [1.807, 2.05) is 19.1 Å². The summed E-state index contributed by atoms with van der Waals surface area (Å²) in [6.07, 6.45) is 3.14. The lowest BCUT2D eigenvalue weighted by Gasteiger charge is -2.17. The molecule has 3 aromatic rings. The van der Waals surface area contributed by atoms with Crippen molar-refractivity contribution in [1.82, 2.24) is 9.55 Å². The van der Waals surface area contributed by atoms with Crippen molar-refractivity contribution in [1.29, 1.82) is 0 Å². The fourth-order valence-corrected chi connectivity index (χ4v) is 5.31. The van der Waals surface area contributed by atoms with Gasteiger partial charge in [0.2, 0.25) is 0 Å². The summed E-state index contributed by atoms with van der Waals surface area (Å²) in [5.41, 5.74) is 2.85. The van der Waals surface area contributed by atoms with Crippen LogP contribution in [0.5, 0.6) is 0 Å².